The molecule has 29 heavy (non-hydrogen) atoms. The highest BCUT2D eigenvalue weighted by Crippen LogP contribution is 2.26. The Labute approximate surface area is 178 Å². The van der Waals surface area contributed by atoms with Gasteiger partial charge in [0.1, 0.15) is 5.01 Å². The minimum Gasteiger partial charge on any atom is -0.466 e. The van der Waals surface area contributed by atoms with Gasteiger partial charge in [0, 0.05) is 36.5 Å². The van der Waals surface area contributed by atoms with Crippen LogP contribution in [0, 0.1) is 5.92 Å². The van der Waals surface area contributed by atoms with E-state index >= 15 is 0 Å². The molecule has 3 rings (SSSR count). The number of ether oxygens (including phenoxy) is 1. The second kappa shape index (κ2) is 9.98. The van der Waals surface area contributed by atoms with Gasteiger partial charge in [0.15, 0.2) is 0 Å². The fourth-order valence-corrected chi connectivity index (χ4v) is 4.74. The molecule has 7 nitrogen and oxygen atoms in total. The van der Waals surface area contributed by atoms with Crippen LogP contribution >= 0.6 is 22.7 Å². The van der Waals surface area contributed by atoms with Crippen molar-refractivity contribution in [2.24, 2.45) is 5.92 Å². The number of esters is 1. The zero-order chi connectivity index (χ0) is 20.8. The lowest BCUT2D eigenvalue weighted by Crippen LogP contribution is -2.46. The second-order valence-electron chi connectivity index (χ2n) is 6.99. The van der Waals surface area contributed by atoms with Gasteiger partial charge in [0.25, 0.3) is 0 Å². The summed E-state index contributed by atoms with van der Waals surface area (Å²) in [5.41, 5.74) is 1.78. The van der Waals surface area contributed by atoms with Crippen LogP contribution in [0.4, 0.5) is 0 Å². The Morgan fingerprint density at radius 3 is 2.69 bits per heavy atom. The Balaban J connectivity index is 1.46. The number of carbonyl (C=O) groups is 3. The molecular formula is C20H25N3O4S2. The number of amides is 2. The van der Waals surface area contributed by atoms with Crippen molar-refractivity contribution in [1.82, 2.24) is 14.8 Å². The molecule has 0 spiro atoms. The minimum absolute atomic E-state index is 0.0322. The maximum absolute atomic E-state index is 12.5. The Morgan fingerprint density at radius 2 is 2.03 bits per heavy atom. The maximum atomic E-state index is 12.5. The van der Waals surface area contributed by atoms with Crippen LogP contribution in [0.25, 0.3) is 10.6 Å². The van der Waals surface area contributed by atoms with Gasteiger partial charge in [-0.05, 0) is 31.2 Å². The normalized spacial score (nSPS) is 14.6. The third-order valence-corrected chi connectivity index (χ3v) is 6.54. The second-order valence-corrected chi connectivity index (χ2v) is 8.63. The first-order chi connectivity index (χ1) is 14.0. The van der Waals surface area contributed by atoms with Gasteiger partial charge in [0.05, 0.1) is 31.2 Å². The van der Waals surface area contributed by atoms with Crippen LogP contribution in [0.5, 0.6) is 0 Å². The molecule has 2 aromatic heterocycles. The van der Waals surface area contributed by atoms with Crippen LogP contribution in [-0.2, 0) is 25.5 Å². The average molecular weight is 436 g/mol. The third kappa shape index (κ3) is 5.63. The van der Waals surface area contributed by atoms with Crippen molar-refractivity contribution in [1.29, 1.82) is 0 Å². The number of hydrogen-bond acceptors (Lipinski definition) is 7. The Bertz CT molecular complexity index is 842. The number of rotatable bonds is 7. The molecule has 0 aromatic carbocycles. The van der Waals surface area contributed by atoms with E-state index in [-0.39, 0.29) is 36.7 Å². The van der Waals surface area contributed by atoms with E-state index in [1.807, 2.05) is 22.2 Å². The van der Waals surface area contributed by atoms with Gasteiger partial charge in [-0.3, -0.25) is 14.4 Å². The molecule has 2 amide bonds. The number of carbonyl (C=O) groups excluding carboxylic acids is 3. The Morgan fingerprint density at radius 1 is 1.28 bits per heavy atom. The molecule has 0 N–H and O–H groups in total. The molecule has 9 heteroatoms. The number of likely N-dealkylation sites (N-methyl/N-ethyl adjacent to an activating group) is 1. The van der Waals surface area contributed by atoms with Crippen LogP contribution in [0.2, 0.25) is 0 Å². The summed E-state index contributed by atoms with van der Waals surface area (Å²) < 4.78 is 5.06. The molecular weight excluding hydrogens is 410 g/mol. The van der Waals surface area contributed by atoms with E-state index in [9.17, 15) is 14.4 Å². The molecule has 0 radical (unpaired) electrons. The first-order valence-corrected chi connectivity index (χ1v) is 11.5. The number of nitrogens with zero attached hydrogens (tertiary/aromatic N) is 3. The molecule has 0 saturated carbocycles. The number of piperidine rings is 1. The SMILES string of the molecule is CCOC(=O)C1CCN(C(=O)CN(C)C(=O)Cc2csc(-c3ccsc3)n2)CC1. The van der Waals surface area contributed by atoms with Crippen LogP contribution in [0.3, 0.4) is 0 Å². The summed E-state index contributed by atoms with van der Waals surface area (Å²) in [4.78, 5) is 44.5. The highest BCUT2D eigenvalue weighted by molar-refractivity contribution is 7.14. The van der Waals surface area contributed by atoms with E-state index in [1.165, 1.54) is 16.2 Å². The predicted molar refractivity (Wildman–Crippen MR) is 113 cm³/mol. The lowest BCUT2D eigenvalue weighted by molar-refractivity contribution is -0.151. The van der Waals surface area contributed by atoms with E-state index in [0.29, 0.717) is 32.5 Å². The van der Waals surface area contributed by atoms with Gasteiger partial charge in [-0.15, -0.1) is 11.3 Å². The smallest absolute Gasteiger partial charge is 0.309 e. The maximum Gasteiger partial charge on any atom is 0.309 e. The topological polar surface area (TPSA) is 79.8 Å². The van der Waals surface area contributed by atoms with E-state index in [2.05, 4.69) is 4.98 Å². The van der Waals surface area contributed by atoms with Crippen molar-refractivity contribution in [3.05, 3.63) is 27.9 Å². The molecule has 0 bridgehead atoms. The summed E-state index contributed by atoms with van der Waals surface area (Å²) in [5.74, 6) is -0.556. The predicted octanol–water partition coefficient (Wildman–Crippen LogP) is 2.67. The number of aromatic nitrogens is 1. The van der Waals surface area contributed by atoms with E-state index in [1.54, 1.807) is 30.2 Å². The highest BCUT2D eigenvalue weighted by atomic mass is 32.1. The minimum atomic E-state index is -0.183. The quantitative estimate of drug-likeness (QED) is 0.625. The fourth-order valence-electron chi connectivity index (χ4n) is 3.21. The van der Waals surface area contributed by atoms with Gasteiger partial charge in [0.2, 0.25) is 11.8 Å². The van der Waals surface area contributed by atoms with Crippen LogP contribution < -0.4 is 0 Å². The van der Waals surface area contributed by atoms with Crippen molar-refractivity contribution in [3.63, 3.8) is 0 Å². The number of thiazole rings is 1. The Hall–Kier alpha value is -2.26. The monoisotopic (exact) mass is 435 g/mol. The molecule has 156 valence electrons. The summed E-state index contributed by atoms with van der Waals surface area (Å²) in [6.45, 7) is 3.22. The largest absolute Gasteiger partial charge is 0.466 e. The molecule has 0 aliphatic carbocycles. The standard InChI is InChI=1S/C20H25N3O4S2/c1-3-27-20(26)14-4-7-23(8-5-14)18(25)11-22(2)17(24)10-16-13-29-19(21-16)15-6-9-28-12-15/h6,9,12-14H,3-5,7-8,10-11H2,1-2H3. The van der Waals surface area contributed by atoms with Crippen molar-refractivity contribution in [2.45, 2.75) is 26.2 Å². The molecule has 3 heterocycles. The average Bonchev–Trinajstić information content (AvgIpc) is 3.40. The summed E-state index contributed by atoms with van der Waals surface area (Å²) in [6.07, 6.45) is 1.38. The summed E-state index contributed by atoms with van der Waals surface area (Å²) in [7, 11) is 1.64. The van der Waals surface area contributed by atoms with Crippen molar-refractivity contribution in [2.75, 3.05) is 33.3 Å². The van der Waals surface area contributed by atoms with E-state index in [4.69, 9.17) is 4.74 Å². The number of thiophene rings is 1. The number of hydrogen-bond donors (Lipinski definition) is 0. The summed E-state index contributed by atoms with van der Waals surface area (Å²) in [5, 5.41) is 6.81. The molecule has 1 aliphatic rings. The van der Waals surface area contributed by atoms with Crippen LogP contribution in [-0.4, -0.2) is 65.9 Å². The van der Waals surface area contributed by atoms with Gasteiger partial charge in [-0.1, -0.05) is 0 Å². The first kappa shape index (κ1) is 21.4. The van der Waals surface area contributed by atoms with Crippen molar-refractivity contribution < 1.29 is 19.1 Å². The molecule has 0 atom stereocenters. The molecule has 0 unspecified atom stereocenters. The summed E-state index contributed by atoms with van der Waals surface area (Å²) >= 11 is 3.13. The van der Waals surface area contributed by atoms with Crippen molar-refractivity contribution >= 4 is 40.5 Å². The fraction of sp³-hybridized carbons (Fsp3) is 0.500. The molecule has 2 aromatic rings. The molecule has 1 saturated heterocycles. The van der Waals surface area contributed by atoms with Crippen molar-refractivity contribution in [3.8, 4) is 10.6 Å². The van der Waals surface area contributed by atoms with Gasteiger partial charge in [-0.2, -0.15) is 11.3 Å². The van der Waals surface area contributed by atoms with Crippen LogP contribution in [0.15, 0.2) is 22.2 Å². The van der Waals surface area contributed by atoms with Crippen LogP contribution in [0.1, 0.15) is 25.5 Å². The zero-order valence-corrected chi connectivity index (χ0v) is 18.3. The zero-order valence-electron chi connectivity index (χ0n) is 16.6. The van der Waals surface area contributed by atoms with Gasteiger partial charge < -0.3 is 14.5 Å². The van der Waals surface area contributed by atoms with E-state index < -0.39 is 0 Å². The molecule has 1 aliphatic heterocycles. The first-order valence-electron chi connectivity index (χ1n) is 9.63. The van der Waals surface area contributed by atoms with Gasteiger partial charge >= 0.3 is 5.97 Å². The Kier molecular flexibility index (Phi) is 7.38. The van der Waals surface area contributed by atoms with Gasteiger partial charge in [-0.25, -0.2) is 4.98 Å². The lowest BCUT2D eigenvalue weighted by Gasteiger charge is -2.32. The lowest BCUT2D eigenvalue weighted by atomic mass is 9.97. The summed E-state index contributed by atoms with van der Waals surface area (Å²) in [6, 6.07) is 2.00. The highest BCUT2D eigenvalue weighted by Gasteiger charge is 2.29. The number of likely N-dealkylation sites (tertiary alicyclic amines) is 1. The third-order valence-electron chi connectivity index (χ3n) is 4.92. The molecule has 1 fully saturated rings. The van der Waals surface area contributed by atoms with E-state index in [0.717, 1.165) is 16.3 Å².